The van der Waals surface area contributed by atoms with E-state index in [1.807, 2.05) is 0 Å². The van der Waals surface area contributed by atoms with E-state index in [1.165, 1.54) is 36.4 Å². The van der Waals surface area contributed by atoms with Crippen molar-refractivity contribution in [2.24, 2.45) is 0 Å². The largest absolute Gasteiger partial charge is 0.338 e. The molecule has 0 spiro atoms. The Balaban J connectivity index is 1.54. The molecule has 1 saturated carbocycles. The molecule has 0 aromatic carbocycles. The molecule has 4 rings (SSSR count). The third-order valence-electron chi connectivity index (χ3n) is 4.50. The normalized spacial score (nSPS) is 18.0. The lowest BCUT2D eigenvalue weighted by atomic mass is 10.1. The van der Waals surface area contributed by atoms with Crippen LogP contribution < -0.4 is 0 Å². The van der Waals surface area contributed by atoms with Gasteiger partial charge in [-0.1, -0.05) is 0 Å². The molecule has 1 fully saturated rings. The van der Waals surface area contributed by atoms with Crippen LogP contribution in [0.2, 0.25) is 0 Å². The van der Waals surface area contributed by atoms with Gasteiger partial charge in [0.1, 0.15) is 0 Å². The summed E-state index contributed by atoms with van der Waals surface area (Å²) in [5.41, 5.74) is 3.68. The van der Waals surface area contributed by atoms with Crippen LogP contribution >= 0.6 is 0 Å². The van der Waals surface area contributed by atoms with Crippen molar-refractivity contribution in [1.82, 2.24) is 20.1 Å². The van der Waals surface area contributed by atoms with Crippen LogP contribution in [0.1, 0.15) is 46.1 Å². The van der Waals surface area contributed by atoms with Gasteiger partial charge >= 0.3 is 0 Å². The summed E-state index contributed by atoms with van der Waals surface area (Å²) < 4.78 is 13.8. The molecule has 3 heterocycles. The second kappa shape index (κ2) is 5.19. The van der Waals surface area contributed by atoms with Crippen LogP contribution in [0, 0.1) is 5.82 Å². The van der Waals surface area contributed by atoms with Crippen molar-refractivity contribution >= 4 is 5.91 Å². The van der Waals surface area contributed by atoms with Crippen LogP contribution in [0.5, 0.6) is 0 Å². The van der Waals surface area contributed by atoms with Crippen molar-refractivity contribution in [3.63, 3.8) is 0 Å². The SMILES string of the molecule is O=C(c1ccncc1F)N1CCc2[nH]nc(C3CC3)c2CC1. The van der Waals surface area contributed by atoms with Gasteiger partial charge in [-0.3, -0.25) is 14.9 Å². The summed E-state index contributed by atoms with van der Waals surface area (Å²) in [5, 5.41) is 7.57. The van der Waals surface area contributed by atoms with Crippen molar-refractivity contribution in [1.29, 1.82) is 0 Å². The van der Waals surface area contributed by atoms with Crippen LogP contribution in [0.15, 0.2) is 18.5 Å². The Bertz CT molecular complexity index is 723. The van der Waals surface area contributed by atoms with Crippen molar-refractivity contribution in [2.45, 2.75) is 31.6 Å². The number of hydrogen-bond acceptors (Lipinski definition) is 3. The summed E-state index contributed by atoms with van der Waals surface area (Å²) >= 11 is 0. The number of fused-ring (bicyclic) bond motifs is 1. The molecule has 114 valence electrons. The lowest BCUT2D eigenvalue weighted by Crippen LogP contribution is -2.34. The minimum Gasteiger partial charge on any atom is -0.338 e. The molecule has 5 nitrogen and oxygen atoms in total. The molecule has 0 atom stereocenters. The Kier molecular flexibility index (Phi) is 3.17. The number of rotatable bonds is 2. The molecule has 1 N–H and O–H groups in total. The molecule has 0 radical (unpaired) electrons. The number of nitrogens with one attached hydrogen (secondary N) is 1. The smallest absolute Gasteiger partial charge is 0.256 e. The zero-order chi connectivity index (χ0) is 15.1. The molecule has 2 aromatic rings. The molecule has 0 bridgehead atoms. The molecule has 22 heavy (non-hydrogen) atoms. The molecular formula is C16H17FN4O. The number of nitrogens with zero attached hydrogens (tertiary/aromatic N) is 3. The standard InChI is InChI=1S/C16H17FN4O/c17-13-9-18-6-3-11(13)16(22)21-7-4-12-14(5-8-21)19-20-15(12)10-1-2-10/h3,6,9-10H,1-2,4-5,7-8H2,(H,19,20). The highest BCUT2D eigenvalue weighted by Gasteiger charge is 2.32. The third kappa shape index (κ3) is 2.28. The van der Waals surface area contributed by atoms with E-state index in [-0.39, 0.29) is 11.5 Å². The van der Waals surface area contributed by atoms with Gasteiger partial charge in [-0.25, -0.2) is 4.39 Å². The summed E-state index contributed by atoms with van der Waals surface area (Å²) in [6, 6.07) is 1.44. The summed E-state index contributed by atoms with van der Waals surface area (Å²) in [4.78, 5) is 17.9. The van der Waals surface area contributed by atoms with E-state index in [2.05, 4.69) is 15.2 Å². The fourth-order valence-electron chi connectivity index (χ4n) is 3.12. The molecule has 1 aliphatic heterocycles. The Labute approximate surface area is 127 Å². The molecule has 0 unspecified atom stereocenters. The highest BCUT2D eigenvalue weighted by molar-refractivity contribution is 5.94. The second-order valence-corrected chi connectivity index (χ2v) is 5.99. The first-order chi connectivity index (χ1) is 10.7. The van der Waals surface area contributed by atoms with Gasteiger partial charge in [0.25, 0.3) is 5.91 Å². The summed E-state index contributed by atoms with van der Waals surface area (Å²) in [5.74, 6) is -0.221. The van der Waals surface area contributed by atoms with E-state index >= 15 is 0 Å². The van der Waals surface area contributed by atoms with E-state index in [4.69, 9.17) is 0 Å². The van der Waals surface area contributed by atoms with E-state index in [9.17, 15) is 9.18 Å². The van der Waals surface area contributed by atoms with E-state index in [1.54, 1.807) is 4.90 Å². The number of aromatic nitrogens is 3. The maximum atomic E-state index is 13.8. The van der Waals surface area contributed by atoms with Crippen LogP contribution in [-0.2, 0) is 12.8 Å². The van der Waals surface area contributed by atoms with Crippen LogP contribution in [0.25, 0.3) is 0 Å². The lowest BCUT2D eigenvalue weighted by molar-refractivity contribution is 0.0758. The van der Waals surface area contributed by atoms with Crippen LogP contribution in [0.4, 0.5) is 4.39 Å². The average molecular weight is 300 g/mol. The van der Waals surface area contributed by atoms with Gasteiger partial charge in [0.15, 0.2) is 5.82 Å². The Morgan fingerprint density at radius 1 is 1.32 bits per heavy atom. The first-order valence-corrected chi connectivity index (χ1v) is 7.69. The topological polar surface area (TPSA) is 61.9 Å². The molecule has 1 aliphatic carbocycles. The number of carbonyl (C=O) groups is 1. The van der Waals surface area contributed by atoms with Crippen molar-refractivity contribution < 1.29 is 9.18 Å². The van der Waals surface area contributed by atoms with Crippen molar-refractivity contribution in [3.8, 4) is 0 Å². The number of H-pyrrole nitrogens is 1. The van der Waals surface area contributed by atoms with Gasteiger partial charge < -0.3 is 4.90 Å². The third-order valence-corrected chi connectivity index (χ3v) is 4.50. The molecular weight excluding hydrogens is 283 g/mol. The number of pyridine rings is 1. The molecule has 2 aromatic heterocycles. The first-order valence-electron chi connectivity index (χ1n) is 7.69. The fraction of sp³-hybridized carbons (Fsp3) is 0.438. The van der Waals surface area contributed by atoms with Gasteiger partial charge in [-0.15, -0.1) is 0 Å². The van der Waals surface area contributed by atoms with E-state index in [0.29, 0.717) is 19.0 Å². The predicted octanol–water partition coefficient (Wildman–Crippen LogP) is 2.06. The van der Waals surface area contributed by atoms with E-state index in [0.717, 1.165) is 24.7 Å². The number of amides is 1. The number of aromatic amines is 1. The van der Waals surface area contributed by atoms with Gasteiger partial charge in [0.05, 0.1) is 17.5 Å². The van der Waals surface area contributed by atoms with Crippen molar-refractivity contribution in [2.75, 3.05) is 13.1 Å². The minimum atomic E-state index is -0.560. The van der Waals surface area contributed by atoms with Gasteiger partial charge in [-0.2, -0.15) is 5.10 Å². The van der Waals surface area contributed by atoms with Gasteiger partial charge in [0.2, 0.25) is 0 Å². The zero-order valence-corrected chi connectivity index (χ0v) is 12.2. The zero-order valence-electron chi connectivity index (χ0n) is 12.2. The quantitative estimate of drug-likeness (QED) is 0.923. The van der Waals surface area contributed by atoms with Crippen LogP contribution in [0.3, 0.4) is 0 Å². The summed E-state index contributed by atoms with van der Waals surface area (Å²) in [7, 11) is 0. The fourth-order valence-corrected chi connectivity index (χ4v) is 3.12. The average Bonchev–Trinajstić information content (AvgIpc) is 3.32. The van der Waals surface area contributed by atoms with E-state index < -0.39 is 5.82 Å². The van der Waals surface area contributed by atoms with Gasteiger partial charge in [-0.05, 0) is 30.9 Å². The van der Waals surface area contributed by atoms with Crippen molar-refractivity contribution in [3.05, 3.63) is 46.8 Å². The minimum absolute atomic E-state index is 0.0982. The summed E-state index contributed by atoms with van der Waals surface area (Å²) in [6.45, 7) is 1.19. The summed E-state index contributed by atoms with van der Waals surface area (Å²) in [6.07, 6.45) is 6.49. The Hall–Kier alpha value is -2.24. The Morgan fingerprint density at radius 2 is 2.14 bits per heavy atom. The monoisotopic (exact) mass is 300 g/mol. The number of hydrogen-bond donors (Lipinski definition) is 1. The molecule has 1 amide bonds. The number of carbonyl (C=O) groups excluding carboxylic acids is 1. The lowest BCUT2D eigenvalue weighted by Gasteiger charge is -2.20. The molecule has 2 aliphatic rings. The first kappa shape index (κ1) is 13.4. The second-order valence-electron chi connectivity index (χ2n) is 5.99. The maximum absolute atomic E-state index is 13.8. The predicted molar refractivity (Wildman–Crippen MR) is 78.1 cm³/mol. The number of halogens is 1. The molecule has 6 heteroatoms. The van der Waals surface area contributed by atoms with Gasteiger partial charge in [0, 0.05) is 37.3 Å². The maximum Gasteiger partial charge on any atom is 0.256 e. The highest BCUT2D eigenvalue weighted by atomic mass is 19.1. The van der Waals surface area contributed by atoms with Crippen LogP contribution in [-0.4, -0.2) is 39.1 Å². The molecule has 0 saturated heterocycles. The Morgan fingerprint density at radius 3 is 2.91 bits per heavy atom. The highest BCUT2D eigenvalue weighted by Crippen LogP contribution is 2.41.